The molecule has 1 N–H and O–H groups in total. The van der Waals surface area contributed by atoms with Gasteiger partial charge in [0.1, 0.15) is 0 Å². The quantitative estimate of drug-likeness (QED) is 0.400. The molecular weight excluding hydrogens is 501 g/mol. The van der Waals surface area contributed by atoms with Gasteiger partial charge in [0.05, 0.1) is 18.6 Å². The minimum absolute atomic E-state index is 0.231. The zero-order chi connectivity index (χ0) is 26.0. The van der Waals surface area contributed by atoms with Crippen LogP contribution in [-0.2, 0) is 23.1 Å². The van der Waals surface area contributed by atoms with Gasteiger partial charge in [-0.2, -0.15) is 17.5 Å². The van der Waals surface area contributed by atoms with Crippen molar-refractivity contribution < 1.29 is 21.6 Å². The molecule has 3 aromatic rings. The number of alkyl halides is 3. The summed E-state index contributed by atoms with van der Waals surface area (Å²) in [5.74, 6) is 0.528. The first-order chi connectivity index (χ1) is 17.7. The Morgan fingerprint density at radius 2 is 1.76 bits per heavy atom. The molecule has 0 saturated heterocycles. The van der Waals surface area contributed by atoms with Crippen molar-refractivity contribution in [3.63, 3.8) is 0 Å². The maximum absolute atomic E-state index is 13.9. The Balaban J connectivity index is 1.63. The highest BCUT2D eigenvalue weighted by atomic mass is 32.2. The van der Waals surface area contributed by atoms with E-state index in [0.29, 0.717) is 28.8 Å². The molecule has 2 heterocycles. The number of benzene rings is 2. The summed E-state index contributed by atoms with van der Waals surface area (Å²) >= 11 is 0. The van der Waals surface area contributed by atoms with Gasteiger partial charge in [0.2, 0.25) is 0 Å². The first kappa shape index (κ1) is 25.8. The number of nitrogens with zero attached hydrogens (tertiary/aromatic N) is 3. The minimum Gasteiger partial charge on any atom is -0.361 e. The number of H-pyrrole nitrogens is 1. The van der Waals surface area contributed by atoms with E-state index in [1.807, 2.05) is 48.5 Å². The Kier molecular flexibility index (Phi) is 7.31. The van der Waals surface area contributed by atoms with E-state index in [1.165, 1.54) is 12.8 Å². The van der Waals surface area contributed by atoms with Crippen LogP contribution in [0.25, 0.3) is 11.1 Å². The molecule has 1 aromatic heterocycles. The third-order valence-electron chi connectivity index (χ3n) is 7.65. The zero-order valence-electron chi connectivity index (χ0n) is 20.5. The standard InChI is InChI=1S/C27H31F3N4O2S/c28-27(29,30)37(35,36)33-17-23(14-13-20-7-4-5-8-20)34(16-22-15-31-19-32-22)26-12-6-11-24(25(26)18-33)21-9-2-1-3-10-21/h1-3,6,9-12,15,19-20,23H,4-5,7-8,13-14,16-18H2,(H,31,32)/t23-/m1/s1. The molecule has 37 heavy (non-hydrogen) atoms. The van der Waals surface area contributed by atoms with Gasteiger partial charge in [-0.15, -0.1) is 0 Å². The van der Waals surface area contributed by atoms with Crippen molar-refractivity contribution in [2.75, 3.05) is 11.4 Å². The lowest BCUT2D eigenvalue weighted by molar-refractivity contribution is -0.0492. The second-order valence-corrected chi connectivity index (χ2v) is 11.9. The SMILES string of the molecule is O=S(=O)(N1Cc2c(-c3ccccc3)cccc2N(Cc2cnc[nH]2)[C@H](CCC2CCCC2)C1)C(F)(F)F. The molecule has 0 unspecified atom stereocenters. The number of aromatic amines is 1. The summed E-state index contributed by atoms with van der Waals surface area (Å²) in [4.78, 5) is 9.30. The van der Waals surface area contributed by atoms with Gasteiger partial charge >= 0.3 is 15.5 Å². The lowest BCUT2D eigenvalue weighted by Gasteiger charge is -2.34. The van der Waals surface area contributed by atoms with Crippen molar-refractivity contribution in [2.24, 2.45) is 5.92 Å². The number of fused-ring (bicyclic) bond motifs is 1. The van der Waals surface area contributed by atoms with E-state index in [1.54, 1.807) is 12.5 Å². The largest absolute Gasteiger partial charge is 0.511 e. The number of anilines is 1. The molecule has 2 aromatic carbocycles. The Bertz CT molecular complexity index is 1290. The number of sulfonamides is 1. The molecule has 5 rings (SSSR count). The van der Waals surface area contributed by atoms with Crippen LogP contribution in [0.15, 0.2) is 61.1 Å². The van der Waals surface area contributed by atoms with Gasteiger partial charge in [0.15, 0.2) is 0 Å². The molecule has 1 aliphatic carbocycles. The number of nitrogens with one attached hydrogen (secondary N) is 1. The van der Waals surface area contributed by atoms with Gasteiger partial charge in [-0.25, -0.2) is 13.4 Å². The van der Waals surface area contributed by atoms with Crippen LogP contribution in [-0.4, -0.2) is 40.8 Å². The molecule has 0 spiro atoms. The number of hydrogen-bond acceptors (Lipinski definition) is 4. The Labute approximate surface area is 215 Å². The van der Waals surface area contributed by atoms with E-state index in [-0.39, 0.29) is 13.1 Å². The maximum Gasteiger partial charge on any atom is 0.511 e. The van der Waals surface area contributed by atoms with Gasteiger partial charge < -0.3 is 9.88 Å². The smallest absolute Gasteiger partial charge is 0.361 e. The lowest BCUT2D eigenvalue weighted by atomic mass is 9.96. The highest BCUT2D eigenvalue weighted by Gasteiger charge is 2.51. The Morgan fingerprint density at radius 1 is 1.00 bits per heavy atom. The highest BCUT2D eigenvalue weighted by Crippen LogP contribution is 2.40. The van der Waals surface area contributed by atoms with E-state index in [9.17, 15) is 21.6 Å². The predicted molar refractivity (Wildman–Crippen MR) is 137 cm³/mol. The van der Waals surface area contributed by atoms with Crippen molar-refractivity contribution in [3.05, 3.63) is 72.3 Å². The molecule has 1 fully saturated rings. The van der Waals surface area contributed by atoms with Gasteiger partial charge in [0, 0.05) is 31.0 Å². The third-order valence-corrected chi connectivity index (χ3v) is 9.19. The van der Waals surface area contributed by atoms with Crippen molar-refractivity contribution in [1.82, 2.24) is 14.3 Å². The van der Waals surface area contributed by atoms with Crippen LogP contribution in [0.1, 0.15) is 49.8 Å². The molecule has 2 aliphatic rings. The molecule has 10 heteroatoms. The fourth-order valence-electron chi connectivity index (χ4n) is 5.74. The number of aromatic nitrogens is 2. The third kappa shape index (κ3) is 5.40. The Morgan fingerprint density at radius 3 is 2.43 bits per heavy atom. The van der Waals surface area contributed by atoms with E-state index in [4.69, 9.17) is 0 Å². The van der Waals surface area contributed by atoms with Crippen molar-refractivity contribution in [1.29, 1.82) is 0 Å². The molecule has 1 atom stereocenters. The predicted octanol–water partition coefficient (Wildman–Crippen LogP) is 6.09. The van der Waals surface area contributed by atoms with Crippen LogP contribution in [0.2, 0.25) is 0 Å². The molecular formula is C27H31F3N4O2S. The summed E-state index contributed by atoms with van der Waals surface area (Å²) in [6, 6.07) is 14.6. The summed E-state index contributed by atoms with van der Waals surface area (Å²) in [5.41, 5.74) is -1.67. The maximum atomic E-state index is 13.9. The average molecular weight is 533 g/mol. The summed E-state index contributed by atoms with van der Waals surface area (Å²) in [6.45, 7) is -0.187. The minimum atomic E-state index is -5.53. The normalized spacial score (nSPS) is 19.6. The molecule has 0 radical (unpaired) electrons. The van der Waals surface area contributed by atoms with Crippen molar-refractivity contribution >= 4 is 15.7 Å². The topological polar surface area (TPSA) is 69.3 Å². The lowest BCUT2D eigenvalue weighted by Crippen LogP contribution is -2.47. The molecule has 198 valence electrons. The monoisotopic (exact) mass is 532 g/mol. The first-order valence-corrected chi connectivity index (χ1v) is 14.2. The van der Waals surface area contributed by atoms with Crippen molar-refractivity contribution in [3.8, 4) is 11.1 Å². The molecule has 1 saturated carbocycles. The number of halogens is 3. The summed E-state index contributed by atoms with van der Waals surface area (Å²) < 4.78 is 67.8. The van der Waals surface area contributed by atoms with Crippen molar-refractivity contribution in [2.45, 2.75) is 63.2 Å². The fraction of sp³-hybridized carbons (Fsp3) is 0.444. The molecule has 0 amide bonds. The van der Waals surface area contributed by atoms with Crippen LogP contribution in [0, 0.1) is 5.92 Å². The Hall–Kier alpha value is -2.85. The molecule has 0 bridgehead atoms. The van der Waals surface area contributed by atoms with Gasteiger partial charge in [-0.1, -0.05) is 68.1 Å². The molecule has 6 nitrogen and oxygen atoms in total. The zero-order valence-corrected chi connectivity index (χ0v) is 21.3. The average Bonchev–Trinajstić information content (AvgIpc) is 3.56. The number of imidazole rings is 1. The number of hydrogen-bond donors (Lipinski definition) is 1. The first-order valence-electron chi connectivity index (χ1n) is 12.7. The second-order valence-electron chi connectivity index (χ2n) is 10.00. The van der Waals surface area contributed by atoms with Crippen LogP contribution in [0.3, 0.4) is 0 Å². The highest BCUT2D eigenvalue weighted by molar-refractivity contribution is 7.89. The second kappa shape index (κ2) is 10.5. The van der Waals surface area contributed by atoms with Gasteiger partial charge in [-0.05, 0) is 41.5 Å². The summed E-state index contributed by atoms with van der Waals surface area (Å²) in [5, 5.41) is 0. The van der Waals surface area contributed by atoms with Crippen LogP contribution in [0.4, 0.5) is 18.9 Å². The van der Waals surface area contributed by atoms with Gasteiger partial charge in [-0.3, -0.25) is 0 Å². The van der Waals surface area contributed by atoms with E-state index in [0.717, 1.165) is 41.8 Å². The summed E-state index contributed by atoms with van der Waals surface area (Å²) in [7, 11) is -5.53. The fourth-order valence-corrected chi connectivity index (χ4v) is 6.70. The van der Waals surface area contributed by atoms with E-state index in [2.05, 4.69) is 14.9 Å². The van der Waals surface area contributed by atoms with Crippen LogP contribution >= 0.6 is 0 Å². The van der Waals surface area contributed by atoms with Crippen LogP contribution in [0.5, 0.6) is 0 Å². The van der Waals surface area contributed by atoms with E-state index < -0.39 is 21.6 Å². The summed E-state index contributed by atoms with van der Waals surface area (Å²) in [6.07, 6.45) is 9.32. The van der Waals surface area contributed by atoms with Gasteiger partial charge in [0.25, 0.3) is 0 Å². The molecule has 1 aliphatic heterocycles. The number of rotatable bonds is 7. The van der Waals surface area contributed by atoms with E-state index >= 15 is 0 Å². The van der Waals surface area contributed by atoms with Crippen LogP contribution < -0.4 is 4.90 Å².